The first-order valence-electron chi connectivity index (χ1n) is 10.3. The van der Waals surface area contributed by atoms with Crippen LogP contribution in [0, 0.1) is 0 Å². The van der Waals surface area contributed by atoms with Gasteiger partial charge in [-0.3, -0.25) is 4.79 Å². The average molecular weight is 510 g/mol. The molecule has 33 heavy (non-hydrogen) atoms. The van der Waals surface area contributed by atoms with Crippen LogP contribution in [0.3, 0.4) is 0 Å². The number of phenols is 1. The molecule has 168 valence electrons. The number of nitrogens with one attached hydrogen (secondary N) is 2. The molecule has 0 fully saturated rings. The summed E-state index contributed by atoms with van der Waals surface area (Å²) >= 11 is 3.46. The molecule has 1 aliphatic heterocycles. The maximum Gasteiger partial charge on any atom is 0.264 e. The zero-order valence-electron chi connectivity index (χ0n) is 17.4. The third-order valence-corrected chi connectivity index (χ3v) is 5.70. The van der Waals surface area contributed by atoms with Crippen LogP contribution in [-0.4, -0.2) is 51.4 Å². The third kappa shape index (κ3) is 4.29. The number of rotatable bonds is 6. The van der Waals surface area contributed by atoms with Crippen molar-refractivity contribution in [3.8, 4) is 28.5 Å². The fourth-order valence-corrected chi connectivity index (χ4v) is 3.88. The number of aromatic nitrogens is 3. The highest BCUT2D eigenvalue weighted by Gasteiger charge is 2.26. The fraction of sp³-hybridized carbons (Fsp3) is 0.174. The molecular weight excluding hydrogens is 490 g/mol. The highest BCUT2D eigenvalue weighted by atomic mass is 79.9. The van der Waals surface area contributed by atoms with Gasteiger partial charge in [-0.2, -0.15) is 9.61 Å². The number of halogens is 1. The van der Waals surface area contributed by atoms with E-state index in [1.807, 2.05) is 18.2 Å². The molecule has 3 heterocycles. The smallest absolute Gasteiger partial charge is 0.264 e. The zero-order valence-corrected chi connectivity index (χ0v) is 18.9. The molecule has 9 nitrogen and oxygen atoms in total. The van der Waals surface area contributed by atoms with Crippen LogP contribution >= 0.6 is 15.9 Å². The summed E-state index contributed by atoms with van der Waals surface area (Å²) < 4.78 is 13.7. The number of fused-ring (bicyclic) bond motifs is 2. The summed E-state index contributed by atoms with van der Waals surface area (Å²) in [7, 11) is 0. The van der Waals surface area contributed by atoms with Crippen LogP contribution in [0.4, 0.5) is 5.82 Å². The maximum atomic E-state index is 12.5. The lowest BCUT2D eigenvalue weighted by Gasteiger charge is -2.25. The average Bonchev–Trinajstić information content (AvgIpc) is 3.22. The summed E-state index contributed by atoms with van der Waals surface area (Å²) in [6, 6.07) is 16.1. The van der Waals surface area contributed by atoms with Crippen LogP contribution in [0.15, 0.2) is 65.3 Å². The quantitative estimate of drug-likeness (QED) is 0.342. The summed E-state index contributed by atoms with van der Waals surface area (Å²) in [4.78, 5) is 17.1. The molecule has 0 saturated heterocycles. The van der Waals surface area contributed by atoms with Gasteiger partial charge in [-0.25, -0.2) is 4.98 Å². The molecule has 0 aliphatic carbocycles. The van der Waals surface area contributed by atoms with Crippen molar-refractivity contribution in [3.05, 3.63) is 65.3 Å². The second kappa shape index (κ2) is 8.99. The number of anilines is 1. The standard InChI is InChI=1S/C23H20BrN5O4/c24-15-12-27-29-21(11-16(28-22(15)29)14-5-1-2-6-17(14)30)25-9-10-26-23(31)20-13-32-18-7-3-4-8-19(18)33-20/h1-8,11-12,20,25,30H,9-10,13H2,(H,26,31). The van der Waals surface area contributed by atoms with Gasteiger partial charge in [-0.15, -0.1) is 0 Å². The molecule has 1 amide bonds. The largest absolute Gasteiger partial charge is 0.507 e. The number of phenolic OH excluding ortho intramolecular Hbond substituents is 1. The SMILES string of the molecule is O=C(NCCNc1cc(-c2ccccc2O)nc2c(Br)cnn12)C1COc2ccccc2O1. The minimum absolute atomic E-state index is 0.138. The van der Waals surface area contributed by atoms with Gasteiger partial charge in [0.05, 0.1) is 16.4 Å². The second-order valence-electron chi connectivity index (χ2n) is 7.35. The fourth-order valence-electron chi connectivity index (χ4n) is 3.53. The first kappa shape index (κ1) is 21.1. The molecule has 1 aliphatic rings. The number of aromatic hydroxyl groups is 1. The van der Waals surface area contributed by atoms with Crippen molar-refractivity contribution < 1.29 is 19.4 Å². The van der Waals surface area contributed by atoms with E-state index in [1.54, 1.807) is 47.1 Å². The van der Waals surface area contributed by atoms with Crippen LogP contribution in [0.25, 0.3) is 16.9 Å². The lowest BCUT2D eigenvalue weighted by atomic mass is 10.1. The molecule has 0 spiro atoms. The molecule has 0 radical (unpaired) electrons. The number of benzene rings is 2. The van der Waals surface area contributed by atoms with Crippen molar-refractivity contribution >= 4 is 33.3 Å². The molecule has 1 unspecified atom stereocenters. The van der Waals surface area contributed by atoms with Gasteiger partial charge in [0.25, 0.3) is 5.91 Å². The van der Waals surface area contributed by atoms with E-state index in [9.17, 15) is 9.90 Å². The molecule has 5 rings (SSSR count). The van der Waals surface area contributed by atoms with Crippen LogP contribution in [0.2, 0.25) is 0 Å². The van der Waals surface area contributed by atoms with E-state index in [2.05, 4.69) is 36.6 Å². The monoisotopic (exact) mass is 509 g/mol. The van der Waals surface area contributed by atoms with E-state index >= 15 is 0 Å². The first-order valence-corrected chi connectivity index (χ1v) is 11.1. The third-order valence-electron chi connectivity index (χ3n) is 5.14. The molecule has 3 N–H and O–H groups in total. The van der Waals surface area contributed by atoms with Crippen molar-refractivity contribution in [2.75, 3.05) is 25.0 Å². The number of para-hydroxylation sites is 3. The normalized spacial score (nSPS) is 14.8. The molecule has 0 saturated carbocycles. The predicted octanol–water partition coefficient (Wildman–Crippen LogP) is 3.23. The molecule has 0 bridgehead atoms. The summed E-state index contributed by atoms with van der Waals surface area (Å²) in [5, 5.41) is 20.7. The van der Waals surface area contributed by atoms with E-state index in [1.165, 1.54) is 0 Å². The van der Waals surface area contributed by atoms with Crippen molar-refractivity contribution in [2.45, 2.75) is 6.10 Å². The van der Waals surface area contributed by atoms with Gasteiger partial charge in [0.1, 0.15) is 18.2 Å². The molecule has 4 aromatic rings. The Morgan fingerprint density at radius 2 is 1.94 bits per heavy atom. The number of amides is 1. The number of hydrogen-bond donors (Lipinski definition) is 3. The maximum absolute atomic E-state index is 12.5. The highest BCUT2D eigenvalue weighted by molar-refractivity contribution is 9.10. The van der Waals surface area contributed by atoms with Crippen molar-refractivity contribution in [2.24, 2.45) is 0 Å². The van der Waals surface area contributed by atoms with Gasteiger partial charge in [-0.05, 0) is 40.2 Å². The van der Waals surface area contributed by atoms with Crippen LogP contribution in [0.5, 0.6) is 17.2 Å². The number of carbonyl (C=O) groups excluding carboxylic acids is 1. The second-order valence-corrected chi connectivity index (χ2v) is 8.21. The van der Waals surface area contributed by atoms with Gasteiger partial charge >= 0.3 is 0 Å². The Morgan fingerprint density at radius 3 is 2.79 bits per heavy atom. The number of ether oxygens (including phenoxy) is 2. The van der Waals surface area contributed by atoms with E-state index < -0.39 is 6.10 Å². The molecular formula is C23H20BrN5O4. The van der Waals surface area contributed by atoms with Crippen molar-refractivity contribution in [1.29, 1.82) is 0 Å². The van der Waals surface area contributed by atoms with Gasteiger partial charge in [0, 0.05) is 24.7 Å². The lowest BCUT2D eigenvalue weighted by Crippen LogP contribution is -2.45. The van der Waals surface area contributed by atoms with Crippen LogP contribution in [0.1, 0.15) is 0 Å². The number of hydrogen-bond acceptors (Lipinski definition) is 7. The first-order chi connectivity index (χ1) is 16.1. The van der Waals surface area contributed by atoms with Gasteiger partial charge in [0.2, 0.25) is 6.10 Å². The number of carbonyl (C=O) groups is 1. The zero-order chi connectivity index (χ0) is 22.8. The topological polar surface area (TPSA) is 110 Å². The highest BCUT2D eigenvalue weighted by Crippen LogP contribution is 2.32. The molecule has 1 atom stereocenters. The van der Waals surface area contributed by atoms with E-state index in [4.69, 9.17) is 9.47 Å². The number of nitrogens with zero attached hydrogens (tertiary/aromatic N) is 3. The Labute approximate surface area is 197 Å². The van der Waals surface area contributed by atoms with E-state index in [0.29, 0.717) is 47.3 Å². The Hall–Kier alpha value is -3.79. The van der Waals surface area contributed by atoms with Crippen LogP contribution in [-0.2, 0) is 4.79 Å². The van der Waals surface area contributed by atoms with Gasteiger partial charge in [0.15, 0.2) is 17.1 Å². The molecule has 2 aromatic heterocycles. The Kier molecular flexibility index (Phi) is 5.74. The Balaban J connectivity index is 1.25. The lowest BCUT2D eigenvalue weighted by molar-refractivity contribution is -0.130. The minimum Gasteiger partial charge on any atom is -0.507 e. The minimum atomic E-state index is -0.706. The van der Waals surface area contributed by atoms with Gasteiger partial charge in [-0.1, -0.05) is 24.3 Å². The summed E-state index contributed by atoms with van der Waals surface area (Å²) in [6.45, 7) is 0.956. The van der Waals surface area contributed by atoms with E-state index in [0.717, 1.165) is 4.47 Å². The summed E-state index contributed by atoms with van der Waals surface area (Å²) in [6.07, 6.45) is 0.949. The van der Waals surface area contributed by atoms with Crippen molar-refractivity contribution in [3.63, 3.8) is 0 Å². The summed E-state index contributed by atoms with van der Waals surface area (Å²) in [5.41, 5.74) is 1.81. The summed E-state index contributed by atoms with van der Waals surface area (Å²) in [5.74, 6) is 1.75. The van der Waals surface area contributed by atoms with Crippen molar-refractivity contribution in [1.82, 2.24) is 19.9 Å². The van der Waals surface area contributed by atoms with E-state index in [-0.39, 0.29) is 18.3 Å². The Morgan fingerprint density at radius 1 is 1.15 bits per heavy atom. The van der Waals surface area contributed by atoms with Crippen LogP contribution < -0.4 is 20.1 Å². The predicted molar refractivity (Wildman–Crippen MR) is 126 cm³/mol. The van der Waals surface area contributed by atoms with Gasteiger partial charge < -0.3 is 25.2 Å². The molecule has 10 heteroatoms. The molecule has 2 aromatic carbocycles. The Bertz CT molecular complexity index is 1330.